The summed E-state index contributed by atoms with van der Waals surface area (Å²) in [6.07, 6.45) is 2.35. The van der Waals surface area contributed by atoms with Crippen LogP contribution in [0.5, 0.6) is 0 Å². The zero-order valence-corrected chi connectivity index (χ0v) is 12.9. The summed E-state index contributed by atoms with van der Waals surface area (Å²) >= 11 is 0. The smallest absolute Gasteiger partial charge is 0.169 e. The van der Waals surface area contributed by atoms with Crippen LogP contribution in [0.2, 0.25) is 0 Å². The highest BCUT2D eigenvalue weighted by Gasteiger charge is 2.30. The molecule has 0 radical (unpaired) electrons. The number of carbonyl (C=O) groups excluding carboxylic acids is 1. The van der Waals surface area contributed by atoms with Gasteiger partial charge in [-0.2, -0.15) is 0 Å². The van der Waals surface area contributed by atoms with Crippen LogP contribution in [0, 0.1) is 5.41 Å². The van der Waals surface area contributed by atoms with E-state index in [4.69, 9.17) is 0 Å². The van der Waals surface area contributed by atoms with Gasteiger partial charge in [-0.25, -0.2) is 0 Å². The lowest BCUT2D eigenvalue weighted by molar-refractivity contribution is 0.0752. The zero-order valence-electron chi connectivity index (χ0n) is 12.9. The van der Waals surface area contributed by atoms with Crippen molar-refractivity contribution in [3.05, 3.63) is 35.9 Å². The highest BCUT2D eigenvalue weighted by molar-refractivity contribution is 6.00. The van der Waals surface area contributed by atoms with E-state index in [0.29, 0.717) is 6.04 Å². The van der Waals surface area contributed by atoms with Gasteiger partial charge in [0, 0.05) is 23.6 Å². The van der Waals surface area contributed by atoms with Gasteiger partial charge in [-0.05, 0) is 20.4 Å². The molecule has 2 nitrogen and oxygen atoms in total. The fourth-order valence-corrected chi connectivity index (χ4v) is 2.47. The molecule has 0 spiro atoms. The van der Waals surface area contributed by atoms with Gasteiger partial charge in [0.2, 0.25) is 0 Å². The van der Waals surface area contributed by atoms with Crippen LogP contribution in [-0.2, 0) is 0 Å². The number of nitrogens with zero attached hydrogens (tertiary/aromatic N) is 1. The third-order valence-electron chi connectivity index (χ3n) is 3.75. The minimum atomic E-state index is -0.349. The Kier molecular flexibility index (Phi) is 5.74. The van der Waals surface area contributed by atoms with E-state index in [9.17, 15) is 4.79 Å². The second-order valence-corrected chi connectivity index (χ2v) is 6.13. The maximum absolute atomic E-state index is 12.6. The van der Waals surface area contributed by atoms with Gasteiger partial charge in [0.15, 0.2) is 5.78 Å². The molecule has 0 fully saturated rings. The van der Waals surface area contributed by atoms with Crippen molar-refractivity contribution in [2.45, 2.75) is 46.6 Å². The molecule has 0 N–H and O–H groups in total. The van der Waals surface area contributed by atoms with Crippen LogP contribution in [-0.4, -0.2) is 30.3 Å². The molecule has 0 aliphatic heterocycles. The average molecular weight is 261 g/mol. The predicted octanol–water partition coefficient (Wildman–Crippen LogP) is 4.02. The molecule has 1 aromatic rings. The lowest BCUT2D eigenvalue weighted by Gasteiger charge is -2.33. The summed E-state index contributed by atoms with van der Waals surface area (Å²) in [6.45, 7) is 9.30. The molecule has 19 heavy (non-hydrogen) atoms. The average Bonchev–Trinajstić information content (AvgIpc) is 2.38. The van der Waals surface area contributed by atoms with Gasteiger partial charge in [0.1, 0.15) is 0 Å². The van der Waals surface area contributed by atoms with E-state index >= 15 is 0 Å². The molecular weight excluding hydrogens is 234 g/mol. The minimum Gasteiger partial charge on any atom is -0.303 e. The Morgan fingerprint density at radius 3 is 2.37 bits per heavy atom. The molecule has 1 atom stereocenters. The number of carbonyl (C=O) groups is 1. The first-order chi connectivity index (χ1) is 8.88. The number of rotatable bonds is 7. The molecule has 0 saturated heterocycles. The number of hydrogen-bond acceptors (Lipinski definition) is 2. The monoisotopic (exact) mass is 261 g/mol. The summed E-state index contributed by atoms with van der Waals surface area (Å²) in [4.78, 5) is 14.9. The molecule has 1 unspecified atom stereocenters. The van der Waals surface area contributed by atoms with E-state index in [2.05, 4.69) is 25.8 Å². The summed E-state index contributed by atoms with van der Waals surface area (Å²) in [6, 6.07) is 10.1. The normalized spacial score (nSPS) is 13.6. The maximum Gasteiger partial charge on any atom is 0.169 e. The highest BCUT2D eigenvalue weighted by Crippen LogP contribution is 2.24. The molecule has 0 aliphatic carbocycles. The zero-order chi connectivity index (χ0) is 14.5. The van der Waals surface area contributed by atoms with Crippen molar-refractivity contribution in [1.82, 2.24) is 4.90 Å². The topological polar surface area (TPSA) is 20.3 Å². The van der Waals surface area contributed by atoms with E-state index in [1.54, 1.807) is 0 Å². The summed E-state index contributed by atoms with van der Waals surface area (Å²) in [5, 5.41) is 0. The Morgan fingerprint density at radius 1 is 1.26 bits per heavy atom. The van der Waals surface area contributed by atoms with Crippen molar-refractivity contribution < 1.29 is 4.79 Å². The van der Waals surface area contributed by atoms with Crippen molar-refractivity contribution >= 4 is 5.78 Å². The standard InChI is InChI=1S/C17H27NO/c1-6-10-14(2)18(5)13-17(3,4)16(19)15-11-8-7-9-12-15/h7-9,11-12,14H,6,10,13H2,1-5H3. The summed E-state index contributed by atoms with van der Waals surface area (Å²) < 4.78 is 0. The largest absolute Gasteiger partial charge is 0.303 e. The Hall–Kier alpha value is -1.15. The van der Waals surface area contributed by atoms with E-state index in [0.717, 1.165) is 12.1 Å². The van der Waals surface area contributed by atoms with Gasteiger partial charge < -0.3 is 4.90 Å². The Morgan fingerprint density at radius 2 is 1.84 bits per heavy atom. The fourth-order valence-electron chi connectivity index (χ4n) is 2.47. The lowest BCUT2D eigenvalue weighted by atomic mass is 9.83. The Labute approximate surface area is 117 Å². The molecular formula is C17H27NO. The van der Waals surface area contributed by atoms with Crippen LogP contribution in [0.4, 0.5) is 0 Å². The molecule has 1 rings (SSSR count). The first kappa shape index (κ1) is 15.9. The van der Waals surface area contributed by atoms with Crippen LogP contribution >= 0.6 is 0 Å². The van der Waals surface area contributed by atoms with Crippen LogP contribution in [0.3, 0.4) is 0 Å². The summed E-state index contributed by atoms with van der Waals surface area (Å²) in [5.74, 6) is 0.226. The van der Waals surface area contributed by atoms with Gasteiger partial charge in [-0.15, -0.1) is 0 Å². The van der Waals surface area contributed by atoms with Gasteiger partial charge in [-0.1, -0.05) is 57.5 Å². The third kappa shape index (κ3) is 4.46. The van der Waals surface area contributed by atoms with Gasteiger partial charge in [0.05, 0.1) is 0 Å². The first-order valence-corrected chi connectivity index (χ1v) is 7.18. The van der Waals surface area contributed by atoms with E-state index in [1.807, 2.05) is 44.2 Å². The molecule has 0 heterocycles. The molecule has 1 aromatic carbocycles. The fraction of sp³-hybridized carbons (Fsp3) is 0.588. The second-order valence-electron chi connectivity index (χ2n) is 6.13. The summed E-state index contributed by atoms with van der Waals surface area (Å²) in [7, 11) is 2.11. The third-order valence-corrected chi connectivity index (χ3v) is 3.75. The molecule has 0 aliphatic rings. The SMILES string of the molecule is CCCC(C)N(C)CC(C)(C)C(=O)c1ccccc1. The maximum atomic E-state index is 12.6. The quantitative estimate of drug-likeness (QED) is 0.691. The minimum absolute atomic E-state index is 0.226. The Balaban J connectivity index is 2.73. The number of benzene rings is 1. The molecule has 0 aromatic heterocycles. The summed E-state index contributed by atoms with van der Waals surface area (Å²) in [5.41, 5.74) is 0.460. The van der Waals surface area contributed by atoms with Crippen LogP contribution in [0.15, 0.2) is 30.3 Å². The Bertz CT molecular complexity index is 397. The van der Waals surface area contributed by atoms with Crippen molar-refractivity contribution in [2.24, 2.45) is 5.41 Å². The van der Waals surface area contributed by atoms with E-state index in [-0.39, 0.29) is 11.2 Å². The van der Waals surface area contributed by atoms with Crippen molar-refractivity contribution in [3.8, 4) is 0 Å². The van der Waals surface area contributed by atoms with Crippen molar-refractivity contribution in [3.63, 3.8) is 0 Å². The number of hydrogen-bond donors (Lipinski definition) is 0. The van der Waals surface area contributed by atoms with Crippen LogP contribution in [0.1, 0.15) is 50.9 Å². The van der Waals surface area contributed by atoms with E-state index in [1.165, 1.54) is 12.8 Å². The molecule has 0 saturated carbocycles. The molecule has 0 bridgehead atoms. The van der Waals surface area contributed by atoms with Gasteiger partial charge in [-0.3, -0.25) is 4.79 Å². The second kappa shape index (κ2) is 6.85. The van der Waals surface area contributed by atoms with Crippen LogP contribution in [0.25, 0.3) is 0 Å². The first-order valence-electron chi connectivity index (χ1n) is 7.18. The number of Topliss-reactive ketones (excluding diaryl/α,β-unsaturated/α-hetero) is 1. The van der Waals surface area contributed by atoms with E-state index < -0.39 is 0 Å². The molecule has 0 amide bonds. The van der Waals surface area contributed by atoms with Crippen LogP contribution < -0.4 is 0 Å². The van der Waals surface area contributed by atoms with Crippen molar-refractivity contribution in [1.29, 1.82) is 0 Å². The highest BCUT2D eigenvalue weighted by atomic mass is 16.1. The van der Waals surface area contributed by atoms with Gasteiger partial charge in [0.25, 0.3) is 0 Å². The van der Waals surface area contributed by atoms with Crippen molar-refractivity contribution in [2.75, 3.05) is 13.6 Å². The van der Waals surface area contributed by atoms with Gasteiger partial charge >= 0.3 is 0 Å². The lowest BCUT2D eigenvalue weighted by Crippen LogP contribution is -2.41. The molecule has 106 valence electrons. The molecule has 2 heteroatoms. The number of ketones is 1. The predicted molar refractivity (Wildman–Crippen MR) is 81.6 cm³/mol.